The highest BCUT2D eigenvalue weighted by Gasteiger charge is 2.20. The molecule has 7 nitrogen and oxygen atoms in total. The van der Waals surface area contributed by atoms with E-state index in [9.17, 15) is 9.59 Å². The zero-order valence-electron chi connectivity index (χ0n) is 19.0. The van der Waals surface area contributed by atoms with Gasteiger partial charge in [0.1, 0.15) is 12.1 Å². The van der Waals surface area contributed by atoms with Crippen LogP contribution in [0, 0.1) is 20.8 Å². The van der Waals surface area contributed by atoms with Crippen molar-refractivity contribution in [2.24, 2.45) is 0 Å². The van der Waals surface area contributed by atoms with Gasteiger partial charge in [0, 0.05) is 11.1 Å². The minimum Gasteiger partial charge on any atom is -0.324 e. The lowest BCUT2D eigenvalue weighted by atomic mass is 10.1. The summed E-state index contributed by atoms with van der Waals surface area (Å²) in [6, 6.07) is 13.6. The summed E-state index contributed by atoms with van der Waals surface area (Å²) in [5.74, 6) is -0.246. The third kappa shape index (κ3) is 3.93. The van der Waals surface area contributed by atoms with Crippen molar-refractivity contribution < 1.29 is 4.79 Å². The largest absolute Gasteiger partial charge is 0.324 e. The second-order valence-electron chi connectivity index (χ2n) is 8.47. The van der Waals surface area contributed by atoms with Crippen molar-refractivity contribution in [1.82, 2.24) is 19.6 Å². The maximum Gasteiger partial charge on any atom is 0.293 e. The molecule has 4 aromatic rings. The van der Waals surface area contributed by atoms with Gasteiger partial charge in [-0.25, -0.2) is 9.36 Å². The van der Waals surface area contributed by atoms with Crippen molar-refractivity contribution in [3.63, 3.8) is 0 Å². The number of nitrogens with one attached hydrogen (secondary N) is 1. The molecule has 7 heteroatoms. The molecule has 0 aliphatic heterocycles. The number of carbonyl (C=O) groups is 1. The van der Waals surface area contributed by atoms with Crippen molar-refractivity contribution in [2.75, 3.05) is 5.32 Å². The zero-order chi connectivity index (χ0) is 23.0. The summed E-state index contributed by atoms with van der Waals surface area (Å²) in [7, 11) is 0. The maximum atomic E-state index is 13.4. The fraction of sp³-hybridized carbons (Fsp3) is 0.280. The quantitative estimate of drug-likeness (QED) is 0.514. The molecule has 0 radical (unpaired) electrons. The van der Waals surface area contributed by atoms with Crippen molar-refractivity contribution in [1.29, 1.82) is 0 Å². The molecular weight excluding hydrogens is 402 g/mol. The van der Waals surface area contributed by atoms with E-state index >= 15 is 0 Å². The van der Waals surface area contributed by atoms with Crippen LogP contribution < -0.4 is 10.9 Å². The molecule has 0 saturated heterocycles. The molecule has 1 amide bonds. The summed E-state index contributed by atoms with van der Waals surface area (Å²) in [6.07, 6.45) is 1.69. The van der Waals surface area contributed by atoms with E-state index in [1.807, 2.05) is 77.1 Å². The first-order valence-electron chi connectivity index (χ1n) is 10.7. The molecule has 4 rings (SSSR count). The van der Waals surface area contributed by atoms with Crippen LogP contribution in [-0.2, 0) is 11.3 Å². The van der Waals surface area contributed by atoms with Crippen LogP contribution in [0.3, 0.4) is 0 Å². The second kappa shape index (κ2) is 8.42. The average molecular weight is 430 g/mol. The lowest BCUT2D eigenvalue weighted by molar-refractivity contribution is -0.117. The van der Waals surface area contributed by atoms with Gasteiger partial charge in [0.15, 0.2) is 0 Å². The Bertz CT molecular complexity index is 1380. The van der Waals surface area contributed by atoms with Gasteiger partial charge >= 0.3 is 0 Å². The van der Waals surface area contributed by atoms with Crippen molar-refractivity contribution >= 4 is 22.5 Å². The Morgan fingerprint density at radius 1 is 1.06 bits per heavy atom. The molecule has 2 aromatic carbocycles. The van der Waals surface area contributed by atoms with Crippen LogP contribution in [0.15, 0.2) is 53.5 Å². The molecular formula is C25H27N5O2. The molecule has 1 N–H and O–H groups in total. The van der Waals surface area contributed by atoms with E-state index in [0.717, 1.165) is 33.8 Å². The number of carbonyl (C=O) groups excluding carboxylic acids is 1. The number of nitrogens with zero attached hydrogens (tertiary/aromatic N) is 4. The number of hydrogen-bond acceptors (Lipinski definition) is 4. The predicted octanol–water partition coefficient (Wildman–Crippen LogP) is 4.27. The van der Waals surface area contributed by atoms with Crippen LogP contribution in [0.25, 0.3) is 16.6 Å². The van der Waals surface area contributed by atoms with E-state index in [1.54, 1.807) is 10.9 Å². The Morgan fingerprint density at radius 3 is 2.50 bits per heavy atom. The first-order chi connectivity index (χ1) is 15.3. The van der Waals surface area contributed by atoms with Crippen LogP contribution in [0.2, 0.25) is 0 Å². The molecule has 32 heavy (non-hydrogen) atoms. The number of hydrogen-bond donors (Lipinski definition) is 1. The maximum absolute atomic E-state index is 13.4. The summed E-state index contributed by atoms with van der Waals surface area (Å²) < 4.78 is 2.89. The van der Waals surface area contributed by atoms with Gasteiger partial charge in [-0.05, 0) is 49.9 Å². The molecule has 2 aromatic heterocycles. The number of aryl methyl sites for hydroxylation is 3. The van der Waals surface area contributed by atoms with Crippen LogP contribution in [0.1, 0.15) is 42.1 Å². The van der Waals surface area contributed by atoms with E-state index in [2.05, 4.69) is 15.5 Å². The summed E-state index contributed by atoms with van der Waals surface area (Å²) in [6.45, 7) is 9.76. The Kier molecular flexibility index (Phi) is 5.65. The van der Waals surface area contributed by atoms with Gasteiger partial charge in [-0.1, -0.05) is 49.7 Å². The van der Waals surface area contributed by atoms with Crippen molar-refractivity contribution in [3.05, 3.63) is 81.4 Å². The van der Waals surface area contributed by atoms with E-state index < -0.39 is 0 Å². The lowest BCUT2D eigenvalue weighted by Gasteiger charge is -2.13. The standard InChI is InChI=1S/C25H27N5O2/c1-15(2)23-19-13-26-30(21-9-7-6-8-17(21)4)24(19)25(32)29(28-23)14-22(31)27-20-11-10-16(3)12-18(20)5/h6-13,15H,14H2,1-5H3,(H,27,31). The SMILES string of the molecule is Cc1ccc(NC(=O)Cn2nc(C(C)C)c3cnn(-c4ccccc4C)c3c2=O)c(C)c1. The highest BCUT2D eigenvalue weighted by molar-refractivity contribution is 5.91. The van der Waals surface area contributed by atoms with Crippen molar-refractivity contribution in [3.8, 4) is 5.69 Å². The van der Waals surface area contributed by atoms with Gasteiger partial charge in [-0.2, -0.15) is 10.2 Å². The minimum atomic E-state index is -0.346. The molecule has 0 unspecified atom stereocenters. The second-order valence-corrected chi connectivity index (χ2v) is 8.47. The minimum absolute atomic E-state index is 0.0567. The van der Waals surface area contributed by atoms with Gasteiger partial charge in [0.05, 0.1) is 17.6 Å². The van der Waals surface area contributed by atoms with Crippen molar-refractivity contribution in [2.45, 2.75) is 47.1 Å². The third-order valence-corrected chi connectivity index (χ3v) is 5.55. The van der Waals surface area contributed by atoms with E-state index in [-0.39, 0.29) is 23.9 Å². The predicted molar refractivity (Wildman–Crippen MR) is 126 cm³/mol. The monoisotopic (exact) mass is 429 g/mol. The number of para-hydroxylation sites is 1. The van der Waals surface area contributed by atoms with Gasteiger partial charge in [0.2, 0.25) is 5.91 Å². The number of anilines is 1. The molecule has 0 spiro atoms. The van der Waals surface area contributed by atoms with Gasteiger partial charge in [-0.3, -0.25) is 9.59 Å². The molecule has 164 valence electrons. The molecule has 0 aliphatic carbocycles. The van der Waals surface area contributed by atoms with E-state index in [0.29, 0.717) is 10.9 Å². The fourth-order valence-electron chi connectivity index (χ4n) is 3.89. The smallest absolute Gasteiger partial charge is 0.293 e. The van der Waals surface area contributed by atoms with Gasteiger partial charge in [-0.15, -0.1) is 0 Å². The third-order valence-electron chi connectivity index (χ3n) is 5.55. The molecule has 0 aliphatic rings. The Labute approximate surface area is 186 Å². The van der Waals surface area contributed by atoms with Gasteiger partial charge < -0.3 is 5.32 Å². The first-order valence-corrected chi connectivity index (χ1v) is 10.7. The highest BCUT2D eigenvalue weighted by Crippen LogP contribution is 2.24. The number of fused-ring (bicyclic) bond motifs is 1. The Morgan fingerprint density at radius 2 is 1.81 bits per heavy atom. The summed E-state index contributed by atoms with van der Waals surface area (Å²) in [5, 5.41) is 12.6. The Balaban J connectivity index is 1.79. The van der Waals surface area contributed by atoms with E-state index in [4.69, 9.17) is 0 Å². The van der Waals surface area contributed by atoms with Crippen LogP contribution in [0.4, 0.5) is 5.69 Å². The summed E-state index contributed by atoms with van der Waals surface area (Å²) >= 11 is 0. The Hall–Kier alpha value is -3.74. The lowest BCUT2D eigenvalue weighted by Crippen LogP contribution is -2.31. The topological polar surface area (TPSA) is 81.8 Å². The van der Waals surface area contributed by atoms with Gasteiger partial charge in [0.25, 0.3) is 5.56 Å². The normalized spacial score (nSPS) is 11.3. The van der Waals surface area contributed by atoms with Crippen LogP contribution in [0.5, 0.6) is 0 Å². The summed E-state index contributed by atoms with van der Waals surface area (Å²) in [5.41, 5.74) is 5.45. The number of rotatable bonds is 5. The molecule has 0 saturated carbocycles. The molecule has 0 atom stereocenters. The first kappa shape index (κ1) is 21.5. The number of aromatic nitrogens is 4. The molecule has 2 heterocycles. The summed E-state index contributed by atoms with van der Waals surface area (Å²) in [4.78, 5) is 26.2. The fourth-order valence-corrected chi connectivity index (χ4v) is 3.89. The average Bonchev–Trinajstić information content (AvgIpc) is 3.17. The molecule has 0 bridgehead atoms. The number of amides is 1. The van der Waals surface area contributed by atoms with E-state index in [1.165, 1.54) is 4.68 Å². The van der Waals surface area contributed by atoms with Crippen LogP contribution >= 0.6 is 0 Å². The zero-order valence-corrected chi connectivity index (χ0v) is 19.0. The molecule has 0 fully saturated rings. The highest BCUT2D eigenvalue weighted by atomic mass is 16.2. The number of benzene rings is 2. The van der Waals surface area contributed by atoms with Crippen LogP contribution in [-0.4, -0.2) is 25.5 Å².